The Bertz CT molecular complexity index is 331. The summed E-state index contributed by atoms with van der Waals surface area (Å²) < 4.78 is 0. The van der Waals surface area contributed by atoms with Crippen LogP contribution in [0.3, 0.4) is 0 Å². The fraction of sp³-hybridized carbons (Fsp3) is 0.600. The van der Waals surface area contributed by atoms with E-state index in [-0.39, 0.29) is 5.95 Å². The molecule has 1 aromatic rings. The predicted molar refractivity (Wildman–Crippen MR) is 69.4 cm³/mol. The molecule has 2 heterocycles. The Kier molecular flexibility index (Phi) is 3.71. The van der Waals surface area contributed by atoms with Gasteiger partial charge in [0, 0.05) is 17.9 Å². The van der Waals surface area contributed by atoms with Gasteiger partial charge >= 0.3 is 0 Å². The first kappa shape index (κ1) is 11.3. The van der Waals surface area contributed by atoms with Gasteiger partial charge in [-0.15, -0.1) is 0 Å². The Balaban J connectivity index is 1.88. The van der Waals surface area contributed by atoms with Gasteiger partial charge < -0.3 is 16.8 Å². The van der Waals surface area contributed by atoms with E-state index in [4.69, 9.17) is 11.5 Å². The standard InChI is InChI=1S/C10H17N5S/c11-8-5-9(15-10(12)14-8)13-6-7-3-1-2-4-16-7/h5,7H,1-4,6H2,(H5,11,12,13,14,15). The Morgan fingerprint density at radius 3 is 2.94 bits per heavy atom. The first-order valence-corrected chi connectivity index (χ1v) is 6.54. The minimum Gasteiger partial charge on any atom is -0.383 e. The minimum atomic E-state index is 0.221. The Hall–Kier alpha value is -1.17. The number of nitrogens with one attached hydrogen (secondary N) is 1. The van der Waals surface area contributed by atoms with Crippen LogP contribution in [0.4, 0.5) is 17.6 Å². The average Bonchev–Trinajstić information content (AvgIpc) is 2.27. The van der Waals surface area contributed by atoms with Gasteiger partial charge in [-0.1, -0.05) is 6.42 Å². The second-order valence-corrected chi connectivity index (χ2v) is 5.31. The van der Waals surface area contributed by atoms with Crippen molar-refractivity contribution in [3.05, 3.63) is 6.07 Å². The molecule has 1 unspecified atom stereocenters. The maximum Gasteiger partial charge on any atom is 0.223 e. The molecule has 1 aliphatic heterocycles. The van der Waals surface area contributed by atoms with Gasteiger partial charge in [-0.25, -0.2) is 0 Å². The summed E-state index contributed by atoms with van der Waals surface area (Å²) >= 11 is 2.02. The van der Waals surface area contributed by atoms with Gasteiger partial charge in [0.05, 0.1) is 0 Å². The lowest BCUT2D eigenvalue weighted by Crippen LogP contribution is -2.20. The fourth-order valence-corrected chi connectivity index (χ4v) is 3.00. The van der Waals surface area contributed by atoms with Crippen molar-refractivity contribution in [1.29, 1.82) is 0 Å². The van der Waals surface area contributed by atoms with Crippen molar-refractivity contribution >= 4 is 29.3 Å². The average molecular weight is 239 g/mol. The highest BCUT2D eigenvalue weighted by atomic mass is 32.2. The van der Waals surface area contributed by atoms with Crippen molar-refractivity contribution in [2.24, 2.45) is 0 Å². The zero-order valence-corrected chi connectivity index (χ0v) is 9.96. The number of anilines is 3. The molecule has 0 aliphatic carbocycles. The van der Waals surface area contributed by atoms with Gasteiger partial charge in [0.15, 0.2) is 0 Å². The molecule has 5 nitrogen and oxygen atoms in total. The topological polar surface area (TPSA) is 89.8 Å². The molecule has 1 atom stereocenters. The lowest BCUT2D eigenvalue weighted by atomic mass is 10.2. The van der Waals surface area contributed by atoms with Crippen LogP contribution in [0.15, 0.2) is 6.07 Å². The lowest BCUT2D eigenvalue weighted by Gasteiger charge is -2.21. The molecule has 0 spiro atoms. The third-order valence-corrected chi connectivity index (χ3v) is 3.95. The van der Waals surface area contributed by atoms with Crippen LogP contribution in [0.1, 0.15) is 19.3 Å². The van der Waals surface area contributed by atoms with E-state index in [1.165, 1.54) is 25.0 Å². The molecule has 6 heteroatoms. The highest BCUT2D eigenvalue weighted by molar-refractivity contribution is 7.99. The molecule has 0 radical (unpaired) electrons. The van der Waals surface area contributed by atoms with Crippen LogP contribution in [-0.2, 0) is 0 Å². The number of nitrogen functional groups attached to an aromatic ring is 2. The molecule has 1 saturated heterocycles. The van der Waals surface area contributed by atoms with E-state index in [0.29, 0.717) is 11.1 Å². The first-order chi connectivity index (χ1) is 7.74. The van der Waals surface area contributed by atoms with E-state index in [2.05, 4.69) is 15.3 Å². The van der Waals surface area contributed by atoms with Crippen LogP contribution in [0.2, 0.25) is 0 Å². The third kappa shape index (κ3) is 3.16. The number of nitrogens with zero attached hydrogens (tertiary/aromatic N) is 2. The summed E-state index contributed by atoms with van der Waals surface area (Å²) in [5.41, 5.74) is 11.1. The molecule has 1 aliphatic rings. The van der Waals surface area contributed by atoms with E-state index in [1.54, 1.807) is 6.07 Å². The molecular weight excluding hydrogens is 222 g/mol. The van der Waals surface area contributed by atoms with Crippen molar-refractivity contribution in [3.63, 3.8) is 0 Å². The van der Waals surface area contributed by atoms with Gasteiger partial charge in [0.25, 0.3) is 0 Å². The van der Waals surface area contributed by atoms with Crippen molar-refractivity contribution in [2.75, 3.05) is 29.1 Å². The van der Waals surface area contributed by atoms with Gasteiger partial charge in [0.2, 0.25) is 5.95 Å². The minimum absolute atomic E-state index is 0.221. The van der Waals surface area contributed by atoms with Crippen molar-refractivity contribution in [2.45, 2.75) is 24.5 Å². The molecule has 5 N–H and O–H groups in total. The quantitative estimate of drug-likeness (QED) is 0.737. The van der Waals surface area contributed by atoms with Crippen molar-refractivity contribution < 1.29 is 0 Å². The van der Waals surface area contributed by atoms with Gasteiger partial charge in [0.1, 0.15) is 11.6 Å². The maximum absolute atomic E-state index is 5.59. The molecule has 0 bridgehead atoms. The van der Waals surface area contributed by atoms with Crippen LogP contribution in [0, 0.1) is 0 Å². The first-order valence-electron chi connectivity index (χ1n) is 5.49. The summed E-state index contributed by atoms with van der Waals surface area (Å²) in [4.78, 5) is 7.91. The van der Waals surface area contributed by atoms with Gasteiger partial charge in [-0.05, 0) is 18.6 Å². The molecule has 0 saturated carbocycles. The summed E-state index contributed by atoms with van der Waals surface area (Å²) in [6.07, 6.45) is 3.94. The number of hydrogen-bond donors (Lipinski definition) is 3. The Labute approximate surface area is 99.4 Å². The van der Waals surface area contributed by atoms with E-state index in [0.717, 1.165) is 12.4 Å². The fourth-order valence-electron chi connectivity index (χ4n) is 1.76. The van der Waals surface area contributed by atoms with Crippen LogP contribution < -0.4 is 16.8 Å². The molecule has 16 heavy (non-hydrogen) atoms. The Morgan fingerprint density at radius 1 is 1.38 bits per heavy atom. The zero-order valence-electron chi connectivity index (χ0n) is 9.15. The molecule has 0 amide bonds. The highest BCUT2D eigenvalue weighted by Crippen LogP contribution is 2.25. The maximum atomic E-state index is 5.59. The summed E-state index contributed by atoms with van der Waals surface area (Å²) in [6.45, 7) is 0.917. The Morgan fingerprint density at radius 2 is 2.25 bits per heavy atom. The predicted octanol–water partition coefficient (Wildman–Crippen LogP) is 1.34. The van der Waals surface area contributed by atoms with Crippen LogP contribution in [-0.4, -0.2) is 27.5 Å². The summed E-state index contributed by atoms with van der Waals surface area (Å²) in [6, 6.07) is 1.71. The van der Waals surface area contributed by atoms with Gasteiger partial charge in [-0.2, -0.15) is 21.7 Å². The van der Waals surface area contributed by atoms with E-state index >= 15 is 0 Å². The summed E-state index contributed by atoms with van der Waals surface area (Å²) in [5.74, 6) is 2.61. The normalized spacial score (nSPS) is 20.6. The van der Waals surface area contributed by atoms with Crippen molar-refractivity contribution in [3.8, 4) is 0 Å². The molecule has 2 rings (SSSR count). The van der Waals surface area contributed by atoms with Crippen molar-refractivity contribution in [1.82, 2.24) is 9.97 Å². The van der Waals surface area contributed by atoms with Crippen LogP contribution >= 0.6 is 11.8 Å². The monoisotopic (exact) mass is 239 g/mol. The number of aromatic nitrogens is 2. The molecular formula is C10H17N5S. The van der Waals surface area contributed by atoms with E-state index < -0.39 is 0 Å². The van der Waals surface area contributed by atoms with E-state index in [1.807, 2.05) is 11.8 Å². The van der Waals surface area contributed by atoms with Crippen LogP contribution in [0.5, 0.6) is 0 Å². The second-order valence-electron chi connectivity index (χ2n) is 3.91. The smallest absolute Gasteiger partial charge is 0.223 e. The largest absolute Gasteiger partial charge is 0.383 e. The SMILES string of the molecule is Nc1cc(NCC2CCCCS2)nc(N)n1. The highest BCUT2D eigenvalue weighted by Gasteiger charge is 2.13. The molecule has 1 aromatic heterocycles. The molecule has 0 aromatic carbocycles. The number of thioether (sulfide) groups is 1. The second kappa shape index (κ2) is 5.25. The summed E-state index contributed by atoms with van der Waals surface area (Å²) in [5, 5.41) is 3.94. The summed E-state index contributed by atoms with van der Waals surface area (Å²) in [7, 11) is 0. The number of nitrogens with two attached hydrogens (primary N) is 2. The molecule has 88 valence electrons. The lowest BCUT2D eigenvalue weighted by molar-refractivity contribution is 0.677. The van der Waals surface area contributed by atoms with E-state index in [9.17, 15) is 0 Å². The number of hydrogen-bond acceptors (Lipinski definition) is 6. The third-order valence-electron chi connectivity index (χ3n) is 2.55. The molecule has 1 fully saturated rings. The van der Waals surface area contributed by atoms with Gasteiger partial charge in [-0.3, -0.25) is 0 Å². The van der Waals surface area contributed by atoms with Crippen LogP contribution in [0.25, 0.3) is 0 Å². The number of rotatable bonds is 3. The zero-order chi connectivity index (χ0) is 11.4.